The number of rotatable bonds is 5. The van der Waals surface area contributed by atoms with Gasteiger partial charge in [-0.05, 0) is 53.3 Å². The van der Waals surface area contributed by atoms with E-state index in [9.17, 15) is 9.18 Å². The number of halogens is 1. The quantitative estimate of drug-likeness (QED) is 0.611. The van der Waals surface area contributed by atoms with E-state index >= 15 is 0 Å². The summed E-state index contributed by atoms with van der Waals surface area (Å²) in [6.07, 6.45) is 4.04. The smallest absolute Gasteiger partial charge is 0.324 e. The molecule has 0 atom stereocenters. The molecule has 2 amide bonds. The van der Waals surface area contributed by atoms with E-state index in [1.54, 1.807) is 25.4 Å². The van der Waals surface area contributed by atoms with E-state index in [-0.39, 0.29) is 17.8 Å². The van der Waals surface area contributed by atoms with E-state index in [4.69, 9.17) is 4.74 Å². The summed E-state index contributed by atoms with van der Waals surface area (Å²) in [6.45, 7) is 2.06. The van der Waals surface area contributed by atoms with E-state index in [1.165, 1.54) is 24.5 Å². The van der Waals surface area contributed by atoms with E-state index in [2.05, 4.69) is 11.1 Å². The molecule has 1 saturated carbocycles. The number of ether oxygens (including phenoxy) is 1. The third-order valence-corrected chi connectivity index (χ3v) is 6.08. The lowest BCUT2D eigenvalue weighted by Crippen LogP contribution is -2.54. The van der Waals surface area contributed by atoms with Gasteiger partial charge in [-0.1, -0.05) is 24.3 Å². The molecule has 30 heavy (non-hydrogen) atoms. The lowest BCUT2D eigenvalue weighted by molar-refractivity contribution is 0.157. The molecule has 0 unspecified atom stereocenters. The summed E-state index contributed by atoms with van der Waals surface area (Å²) in [5.41, 5.74) is 1.98. The number of hydrogen-bond acceptors (Lipinski definition) is 3. The standard InChI is InChI=1S/C24H24FN3O2/c1-30-23-10-8-20(12-26-23)28(13-16-5-6-16)24(29)27-14-18(15-27)21-4-2-3-17-11-19(25)7-9-22(17)21/h2-4,7-12,16,18H,5-6,13-15H2,1H3. The molecule has 0 radical (unpaired) electrons. The topological polar surface area (TPSA) is 45.7 Å². The van der Waals surface area contributed by atoms with Crippen molar-refractivity contribution in [2.75, 3.05) is 31.6 Å². The molecule has 3 aromatic rings. The Morgan fingerprint density at radius 3 is 2.73 bits per heavy atom. The first kappa shape index (κ1) is 18.9. The van der Waals surface area contributed by atoms with Gasteiger partial charge in [0.05, 0.1) is 19.0 Å². The summed E-state index contributed by atoms with van der Waals surface area (Å²) < 4.78 is 18.7. The fraction of sp³-hybridized carbons (Fsp3) is 0.333. The van der Waals surface area contributed by atoms with Crippen molar-refractivity contribution in [2.45, 2.75) is 18.8 Å². The van der Waals surface area contributed by atoms with Gasteiger partial charge in [0.15, 0.2) is 0 Å². The molecule has 2 aliphatic rings. The van der Waals surface area contributed by atoms with Gasteiger partial charge in [-0.2, -0.15) is 0 Å². The Balaban J connectivity index is 1.33. The van der Waals surface area contributed by atoms with Crippen molar-refractivity contribution >= 4 is 22.5 Å². The van der Waals surface area contributed by atoms with Crippen LogP contribution < -0.4 is 9.64 Å². The zero-order valence-electron chi connectivity index (χ0n) is 16.9. The number of likely N-dealkylation sites (tertiary alicyclic amines) is 1. The number of pyridine rings is 1. The Bertz CT molecular complexity index is 1080. The van der Waals surface area contributed by atoms with E-state index in [0.717, 1.165) is 23.0 Å². The second-order valence-corrected chi connectivity index (χ2v) is 8.21. The van der Waals surface area contributed by atoms with Crippen LogP contribution in [0.2, 0.25) is 0 Å². The van der Waals surface area contributed by atoms with Gasteiger partial charge in [0.2, 0.25) is 5.88 Å². The number of fused-ring (bicyclic) bond motifs is 1. The average Bonchev–Trinajstić information content (AvgIpc) is 3.55. The highest BCUT2D eigenvalue weighted by Gasteiger charge is 2.37. The van der Waals surface area contributed by atoms with Crippen molar-refractivity contribution in [1.82, 2.24) is 9.88 Å². The number of methoxy groups -OCH3 is 1. The molecule has 0 N–H and O–H groups in total. The first-order valence-electron chi connectivity index (χ1n) is 10.4. The number of benzene rings is 2. The predicted octanol–water partition coefficient (Wildman–Crippen LogP) is 4.82. The zero-order valence-corrected chi connectivity index (χ0v) is 16.9. The van der Waals surface area contributed by atoms with Crippen molar-refractivity contribution in [2.24, 2.45) is 5.92 Å². The summed E-state index contributed by atoms with van der Waals surface area (Å²) in [5.74, 6) is 1.14. The highest BCUT2D eigenvalue weighted by molar-refractivity contribution is 5.93. The summed E-state index contributed by atoms with van der Waals surface area (Å²) in [7, 11) is 1.58. The van der Waals surface area contributed by atoms with Crippen LogP contribution in [0.1, 0.15) is 24.3 Å². The number of nitrogens with zero attached hydrogens (tertiary/aromatic N) is 3. The summed E-state index contributed by atoms with van der Waals surface area (Å²) in [5, 5.41) is 1.96. The molecule has 5 nitrogen and oxygen atoms in total. The molecule has 1 aliphatic carbocycles. The van der Waals surface area contributed by atoms with Gasteiger partial charge in [-0.15, -0.1) is 0 Å². The SMILES string of the molecule is COc1ccc(N(CC2CC2)C(=O)N2CC(c3cccc4cc(F)ccc34)C2)cn1. The highest BCUT2D eigenvalue weighted by atomic mass is 19.1. The Hall–Kier alpha value is -3.15. The number of hydrogen-bond donors (Lipinski definition) is 0. The molecular weight excluding hydrogens is 381 g/mol. The maximum atomic E-state index is 13.6. The van der Waals surface area contributed by atoms with E-state index < -0.39 is 0 Å². The third-order valence-electron chi connectivity index (χ3n) is 6.08. The number of aromatic nitrogens is 1. The minimum atomic E-state index is -0.228. The van der Waals surface area contributed by atoms with Gasteiger partial charge in [0.25, 0.3) is 0 Å². The van der Waals surface area contributed by atoms with Crippen LogP contribution in [0.4, 0.5) is 14.9 Å². The van der Waals surface area contributed by atoms with Crippen LogP contribution in [0.15, 0.2) is 54.7 Å². The normalized spacial score (nSPS) is 16.4. The van der Waals surface area contributed by atoms with Crippen LogP contribution in [-0.4, -0.2) is 42.7 Å². The second kappa shape index (κ2) is 7.59. The fourth-order valence-electron chi connectivity index (χ4n) is 4.14. The van der Waals surface area contributed by atoms with Crippen molar-refractivity contribution < 1.29 is 13.9 Å². The predicted molar refractivity (Wildman–Crippen MR) is 114 cm³/mol. The van der Waals surface area contributed by atoms with Crippen LogP contribution in [0.3, 0.4) is 0 Å². The minimum absolute atomic E-state index is 0.0244. The van der Waals surface area contributed by atoms with Crippen molar-refractivity contribution in [3.05, 3.63) is 66.1 Å². The molecule has 1 saturated heterocycles. The number of carbonyl (C=O) groups excluding carboxylic acids is 1. The van der Waals surface area contributed by atoms with Gasteiger partial charge in [0.1, 0.15) is 5.82 Å². The van der Waals surface area contributed by atoms with Crippen LogP contribution >= 0.6 is 0 Å². The maximum absolute atomic E-state index is 13.6. The Kier molecular flexibility index (Phi) is 4.77. The Labute approximate surface area is 175 Å². The van der Waals surface area contributed by atoms with Crippen LogP contribution in [0.25, 0.3) is 10.8 Å². The first-order chi connectivity index (χ1) is 14.6. The molecular formula is C24H24FN3O2. The average molecular weight is 405 g/mol. The van der Waals surface area contributed by atoms with Crippen molar-refractivity contribution in [3.63, 3.8) is 0 Å². The monoisotopic (exact) mass is 405 g/mol. The fourth-order valence-corrected chi connectivity index (χ4v) is 4.14. The number of urea groups is 1. The molecule has 6 heteroatoms. The van der Waals surface area contributed by atoms with Crippen molar-refractivity contribution in [1.29, 1.82) is 0 Å². The Morgan fingerprint density at radius 1 is 1.20 bits per heavy atom. The summed E-state index contributed by atoms with van der Waals surface area (Å²) >= 11 is 0. The van der Waals surface area contributed by atoms with Gasteiger partial charge in [-0.25, -0.2) is 14.2 Å². The van der Waals surface area contributed by atoms with Gasteiger partial charge in [0, 0.05) is 31.6 Å². The van der Waals surface area contributed by atoms with Crippen LogP contribution in [0, 0.1) is 11.7 Å². The molecule has 154 valence electrons. The lowest BCUT2D eigenvalue weighted by Gasteiger charge is -2.42. The summed E-state index contributed by atoms with van der Waals surface area (Å²) in [6, 6.07) is 14.6. The number of anilines is 1. The highest BCUT2D eigenvalue weighted by Crippen LogP contribution is 2.36. The first-order valence-corrected chi connectivity index (χ1v) is 10.4. The largest absolute Gasteiger partial charge is 0.481 e. The number of amides is 2. The molecule has 2 fully saturated rings. The Morgan fingerprint density at radius 2 is 2.03 bits per heavy atom. The molecule has 5 rings (SSSR count). The van der Waals surface area contributed by atoms with Crippen molar-refractivity contribution in [3.8, 4) is 5.88 Å². The van der Waals surface area contributed by atoms with E-state index in [0.29, 0.717) is 24.9 Å². The van der Waals surface area contributed by atoms with E-state index in [1.807, 2.05) is 34.1 Å². The van der Waals surface area contributed by atoms with Gasteiger partial charge in [-0.3, -0.25) is 4.90 Å². The van der Waals surface area contributed by atoms with Gasteiger partial charge < -0.3 is 9.64 Å². The summed E-state index contributed by atoms with van der Waals surface area (Å²) in [4.78, 5) is 21.3. The molecule has 1 aliphatic heterocycles. The second-order valence-electron chi connectivity index (χ2n) is 8.21. The molecule has 2 heterocycles. The molecule has 1 aromatic heterocycles. The minimum Gasteiger partial charge on any atom is -0.481 e. The number of carbonyl (C=O) groups is 1. The molecule has 2 aromatic carbocycles. The van der Waals surface area contributed by atoms with Gasteiger partial charge >= 0.3 is 6.03 Å². The molecule has 0 spiro atoms. The molecule has 0 bridgehead atoms. The zero-order chi connectivity index (χ0) is 20.7. The maximum Gasteiger partial charge on any atom is 0.324 e. The third kappa shape index (κ3) is 3.58. The van der Waals surface area contributed by atoms with Crippen LogP contribution in [0.5, 0.6) is 5.88 Å². The lowest BCUT2D eigenvalue weighted by atomic mass is 9.88. The van der Waals surface area contributed by atoms with Crippen LogP contribution in [-0.2, 0) is 0 Å².